The van der Waals surface area contributed by atoms with Gasteiger partial charge in [0.2, 0.25) is 5.95 Å². The van der Waals surface area contributed by atoms with Gasteiger partial charge in [-0.15, -0.1) is 0 Å². The topological polar surface area (TPSA) is 43.8 Å². The molecule has 0 amide bonds. The van der Waals surface area contributed by atoms with Gasteiger partial charge in [0.05, 0.1) is 11.0 Å². The minimum atomic E-state index is -0.270. The Morgan fingerprint density at radius 1 is 1.56 bits per heavy atom. The lowest BCUT2D eigenvalue weighted by atomic mass is 10.1. The number of nitrogens with two attached hydrogens (primary N) is 1. The molecule has 0 aliphatic carbocycles. The predicted molar refractivity (Wildman–Crippen MR) is 74.2 cm³/mol. The van der Waals surface area contributed by atoms with Gasteiger partial charge in [0.25, 0.3) is 0 Å². The predicted octanol–water partition coefficient (Wildman–Crippen LogP) is 3.04. The van der Waals surface area contributed by atoms with E-state index >= 15 is 0 Å². The lowest BCUT2D eigenvalue weighted by molar-refractivity contribution is 0.522. The second-order valence-corrected chi connectivity index (χ2v) is 6.77. The number of nitrogens with zero attached hydrogens (tertiary/aromatic N) is 2. The average Bonchev–Trinajstić information content (AvgIpc) is 2.85. The van der Waals surface area contributed by atoms with Gasteiger partial charge in [0.15, 0.2) is 0 Å². The Morgan fingerprint density at radius 2 is 2.39 bits per heavy atom. The number of benzene rings is 1. The van der Waals surface area contributed by atoms with Crippen molar-refractivity contribution in [2.75, 3.05) is 11.5 Å². The zero-order valence-electron chi connectivity index (χ0n) is 10.3. The van der Waals surface area contributed by atoms with E-state index in [0.717, 1.165) is 12.1 Å². The first-order valence-electron chi connectivity index (χ1n) is 6.13. The Bertz CT molecular complexity index is 587. The molecule has 1 aromatic heterocycles. The number of halogens is 1. The van der Waals surface area contributed by atoms with Crippen LogP contribution in [0.5, 0.6) is 0 Å². The van der Waals surface area contributed by atoms with E-state index in [2.05, 4.69) is 11.9 Å². The summed E-state index contributed by atoms with van der Waals surface area (Å²) in [6.07, 6.45) is 2.44. The van der Waals surface area contributed by atoms with Crippen molar-refractivity contribution in [3.8, 4) is 0 Å². The fraction of sp³-hybridized carbons (Fsp3) is 0.462. The summed E-state index contributed by atoms with van der Waals surface area (Å²) in [6.45, 7) is 3.10. The van der Waals surface area contributed by atoms with Crippen molar-refractivity contribution in [1.29, 1.82) is 0 Å². The fourth-order valence-corrected chi connectivity index (χ4v) is 3.87. The maximum Gasteiger partial charge on any atom is 0.201 e. The zero-order chi connectivity index (χ0) is 12.8. The number of imidazole rings is 1. The molecular formula is C13H16FN3S. The molecule has 2 aromatic rings. The first-order valence-corrected chi connectivity index (χ1v) is 7.11. The third-order valence-electron chi connectivity index (χ3n) is 3.53. The summed E-state index contributed by atoms with van der Waals surface area (Å²) in [6, 6.07) is 4.66. The molecule has 1 atom stereocenters. The summed E-state index contributed by atoms with van der Waals surface area (Å²) in [5, 5.41) is 0. The van der Waals surface area contributed by atoms with E-state index in [0.29, 0.717) is 11.5 Å². The van der Waals surface area contributed by atoms with Crippen molar-refractivity contribution >= 4 is 28.7 Å². The molecule has 0 spiro atoms. The lowest BCUT2D eigenvalue weighted by Crippen LogP contribution is -2.24. The Morgan fingerprint density at radius 3 is 3.11 bits per heavy atom. The molecule has 18 heavy (non-hydrogen) atoms. The van der Waals surface area contributed by atoms with E-state index < -0.39 is 0 Å². The minimum Gasteiger partial charge on any atom is -0.369 e. The summed E-state index contributed by atoms with van der Waals surface area (Å²) in [5.74, 6) is 1.41. The van der Waals surface area contributed by atoms with Gasteiger partial charge in [-0.25, -0.2) is 9.37 Å². The maximum absolute atomic E-state index is 13.2. The Balaban J connectivity index is 2.03. The van der Waals surface area contributed by atoms with Gasteiger partial charge < -0.3 is 10.3 Å². The quantitative estimate of drug-likeness (QED) is 0.907. The zero-order valence-corrected chi connectivity index (χ0v) is 11.1. The highest BCUT2D eigenvalue weighted by Crippen LogP contribution is 2.40. The standard InChI is InChI=1S/C13H16FN3S/c1-13(5-2-6-18-13)8-17-11-4-3-9(14)7-10(11)16-12(17)15/h3-4,7H,2,5-6,8H2,1H3,(H2,15,16). The molecule has 1 aliphatic heterocycles. The minimum absolute atomic E-state index is 0.218. The van der Waals surface area contributed by atoms with E-state index in [1.165, 1.54) is 30.7 Å². The van der Waals surface area contributed by atoms with Crippen molar-refractivity contribution in [1.82, 2.24) is 9.55 Å². The highest BCUT2D eigenvalue weighted by atomic mass is 32.2. The molecule has 2 heterocycles. The Kier molecular flexibility index (Phi) is 2.73. The average molecular weight is 265 g/mol. The molecule has 96 valence electrons. The smallest absolute Gasteiger partial charge is 0.201 e. The van der Waals surface area contributed by atoms with E-state index in [1.54, 1.807) is 6.07 Å². The highest BCUT2D eigenvalue weighted by molar-refractivity contribution is 8.00. The number of thioether (sulfide) groups is 1. The molecular weight excluding hydrogens is 249 g/mol. The van der Waals surface area contributed by atoms with E-state index in [9.17, 15) is 4.39 Å². The van der Waals surface area contributed by atoms with Crippen LogP contribution in [0.2, 0.25) is 0 Å². The van der Waals surface area contributed by atoms with Crippen LogP contribution < -0.4 is 5.73 Å². The molecule has 0 saturated carbocycles. The number of hydrogen-bond donors (Lipinski definition) is 1. The lowest BCUT2D eigenvalue weighted by Gasteiger charge is -2.24. The molecule has 3 nitrogen and oxygen atoms in total. The van der Waals surface area contributed by atoms with Gasteiger partial charge in [-0.1, -0.05) is 0 Å². The fourth-order valence-electron chi connectivity index (χ4n) is 2.58. The number of rotatable bonds is 2. The van der Waals surface area contributed by atoms with Gasteiger partial charge in [0, 0.05) is 17.4 Å². The van der Waals surface area contributed by atoms with Crippen LogP contribution in [0.25, 0.3) is 11.0 Å². The van der Waals surface area contributed by atoms with Crippen LogP contribution in [0, 0.1) is 5.82 Å². The van der Waals surface area contributed by atoms with Crippen LogP contribution in [-0.4, -0.2) is 20.1 Å². The number of anilines is 1. The Labute approximate surface area is 110 Å². The number of nitrogen functional groups attached to an aromatic ring is 1. The SMILES string of the molecule is CC1(Cn2c(N)nc3cc(F)ccc32)CCCS1. The molecule has 3 rings (SSSR count). The number of fused-ring (bicyclic) bond motifs is 1. The third-order valence-corrected chi connectivity index (χ3v) is 5.06. The first-order chi connectivity index (χ1) is 8.57. The van der Waals surface area contributed by atoms with Gasteiger partial charge in [-0.3, -0.25) is 0 Å². The molecule has 2 N–H and O–H groups in total. The summed E-state index contributed by atoms with van der Waals surface area (Å²) < 4.78 is 15.4. The summed E-state index contributed by atoms with van der Waals surface area (Å²) in [7, 11) is 0. The summed E-state index contributed by atoms with van der Waals surface area (Å²) >= 11 is 1.99. The van der Waals surface area contributed by atoms with E-state index in [1.807, 2.05) is 16.3 Å². The second-order valence-electron chi connectivity index (χ2n) is 5.09. The number of aromatic nitrogens is 2. The van der Waals surface area contributed by atoms with Gasteiger partial charge >= 0.3 is 0 Å². The van der Waals surface area contributed by atoms with E-state index in [4.69, 9.17) is 5.73 Å². The Hall–Kier alpha value is -1.23. The van der Waals surface area contributed by atoms with Gasteiger partial charge in [-0.2, -0.15) is 11.8 Å². The van der Waals surface area contributed by atoms with Crippen LogP contribution in [0.3, 0.4) is 0 Å². The molecule has 1 aromatic carbocycles. The molecule has 1 unspecified atom stereocenters. The molecule has 0 radical (unpaired) electrons. The molecule has 5 heteroatoms. The summed E-state index contributed by atoms with van der Waals surface area (Å²) in [4.78, 5) is 4.24. The maximum atomic E-state index is 13.2. The van der Waals surface area contributed by atoms with Crippen molar-refractivity contribution in [3.63, 3.8) is 0 Å². The van der Waals surface area contributed by atoms with E-state index in [-0.39, 0.29) is 10.6 Å². The van der Waals surface area contributed by atoms with Gasteiger partial charge in [0.1, 0.15) is 5.82 Å². The van der Waals surface area contributed by atoms with Crippen molar-refractivity contribution in [3.05, 3.63) is 24.0 Å². The molecule has 0 bridgehead atoms. The van der Waals surface area contributed by atoms with Crippen LogP contribution in [0.4, 0.5) is 10.3 Å². The normalized spacial score (nSPS) is 23.9. The van der Waals surface area contributed by atoms with Crippen LogP contribution >= 0.6 is 11.8 Å². The second kappa shape index (κ2) is 4.16. The third kappa shape index (κ3) is 1.96. The van der Waals surface area contributed by atoms with Crippen LogP contribution in [0.1, 0.15) is 19.8 Å². The molecule has 1 saturated heterocycles. The largest absolute Gasteiger partial charge is 0.369 e. The first kappa shape index (κ1) is 11.8. The number of hydrogen-bond acceptors (Lipinski definition) is 3. The molecule has 1 fully saturated rings. The van der Waals surface area contributed by atoms with Crippen molar-refractivity contribution in [2.24, 2.45) is 0 Å². The van der Waals surface area contributed by atoms with Crippen LogP contribution in [0.15, 0.2) is 18.2 Å². The van der Waals surface area contributed by atoms with Crippen molar-refractivity contribution < 1.29 is 4.39 Å². The van der Waals surface area contributed by atoms with Gasteiger partial charge in [-0.05, 0) is 37.7 Å². The highest BCUT2D eigenvalue weighted by Gasteiger charge is 2.31. The monoisotopic (exact) mass is 265 g/mol. The molecule has 1 aliphatic rings. The summed E-state index contributed by atoms with van der Waals surface area (Å²) in [5.41, 5.74) is 7.52. The van der Waals surface area contributed by atoms with Crippen LogP contribution in [-0.2, 0) is 6.54 Å². The van der Waals surface area contributed by atoms with Crippen molar-refractivity contribution in [2.45, 2.75) is 31.1 Å².